The molecule has 0 radical (unpaired) electrons. The number of aromatic amines is 1. The molecule has 3 rings (SSSR count). The number of nitrogens with one attached hydrogen (secondary N) is 1. The minimum absolute atomic E-state index is 0.150. The first-order valence-corrected chi connectivity index (χ1v) is 6.43. The van der Waals surface area contributed by atoms with Crippen LogP contribution in [0.25, 0.3) is 16.9 Å². The maximum Gasteiger partial charge on any atom is 0.308 e. The first kappa shape index (κ1) is 13.1. The molecule has 0 aliphatic carbocycles. The van der Waals surface area contributed by atoms with Gasteiger partial charge in [-0.1, -0.05) is 29.8 Å². The van der Waals surface area contributed by atoms with Crippen LogP contribution in [0.15, 0.2) is 41.3 Å². The Hall–Kier alpha value is -2.89. The van der Waals surface area contributed by atoms with Gasteiger partial charge in [0.05, 0.1) is 12.1 Å². The molecule has 2 N–H and O–H groups in total. The van der Waals surface area contributed by atoms with E-state index in [4.69, 9.17) is 5.11 Å². The molecule has 3 aromatic rings. The Bertz CT molecular complexity index is 875. The summed E-state index contributed by atoms with van der Waals surface area (Å²) in [6.45, 7) is 2.00. The zero-order chi connectivity index (χ0) is 15.0. The minimum atomic E-state index is -1.06. The summed E-state index contributed by atoms with van der Waals surface area (Å²) < 4.78 is 1.27. The van der Waals surface area contributed by atoms with Crippen LogP contribution in [0.2, 0.25) is 0 Å². The summed E-state index contributed by atoms with van der Waals surface area (Å²) in [5.41, 5.74) is 3.06. The molecule has 1 aromatic carbocycles. The Labute approximate surface area is 119 Å². The maximum atomic E-state index is 12.2. The van der Waals surface area contributed by atoms with Gasteiger partial charge in [0.2, 0.25) is 0 Å². The van der Waals surface area contributed by atoms with Crippen LogP contribution in [0.1, 0.15) is 11.1 Å². The summed E-state index contributed by atoms with van der Waals surface area (Å²) in [5.74, 6) is -1.06. The molecule has 0 atom stereocenters. The second-order valence-electron chi connectivity index (χ2n) is 4.89. The number of carbonyl (C=O) groups is 1. The number of aryl methyl sites for hydroxylation is 1. The van der Waals surface area contributed by atoms with Crippen molar-refractivity contribution < 1.29 is 9.90 Å². The molecule has 21 heavy (non-hydrogen) atoms. The summed E-state index contributed by atoms with van der Waals surface area (Å²) >= 11 is 0. The van der Waals surface area contributed by atoms with Gasteiger partial charge in [0.25, 0.3) is 5.56 Å². The summed E-state index contributed by atoms with van der Waals surface area (Å²) in [6.07, 6.45) is 0.978. The lowest BCUT2D eigenvalue weighted by Gasteiger charge is -1.98. The van der Waals surface area contributed by atoms with Gasteiger partial charge in [0.15, 0.2) is 5.65 Å². The van der Waals surface area contributed by atoms with E-state index >= 15 is 0 Å². The van der Waals surface area contributed by atoms with Crippen molar-refractivity contribution in [3.8, 4) is 11.3 Å². The zero-order valence-electron chi connectivity index (χ0n) is 11.3. The normalized spacial score (nSPS) is 10.9. The number of carboxylic acid groups (broad SMARTS) is 1. The van der Waals surface area contributed by atoms with E-state index in [0.29, 0.717) is 5.65 Å². The average molecular weight is 283 g/mol. The van der Waals surface area contributed by atoms with Gasteiger partial charge in [-0.25, -0.2) is 9.50 Å². The lowest BCUT2D eigenvalue weighted by molar-refractivity contribution is -0.136. The van der Waals surface area contributed by atoms with Gasteiger partial charge in [0, 0.05) is 17.8 Å². The molecule has 2 heterocycles. The molecule has 0 aliphatic heterocycles. The van der Waals surface area contributed by atoms with E-state index in [1.807, 2.05) is 31.2 Å². The summed E-state index contributed by atoms with van der Waals surface area (Å²) in [6, 6.07) is 9.61. The smallest absolute Gasteiger partial charge is 0.308 e. The number of carboxylic acids is 1. The van der Waals surface area contributed by atoms with Crippen molar-refractivity contribution in [2.45, 2.75) is 13.3 Å². The van der Waals surface area contributed by atoms with Crippen molar-refractivity contribution in [1.82, 2.24) is 14.6 Å². The van der Waals surface area contributed by atoms with Gasteiger partial charge >= 0.3 is 5.97 Å². The molecule has 0 saturated heterocycles. The first-order valence-electron chi connectivity index (χ1n) is 6.43. The number of hydrogen-bond donors (Lipinski definition) is 2. The van der Waals surface area contributed by atoms with Crippen molar-refractivity contribution in [2.75, 3.05) is 0 Å². The fourth-order valence-corrected chi connectivity index (χ4v) is 2.16. The lowest BCUT2D eigenvalue weighted by atomic mass is 10.1. The monoisotopic (exact) mass is 283 g/mol. The van der Waals surface area contributed by atoms with Crippen LogP contribution in [-0.4, -0.2) is 25.7 Å². The number of aromatic nitrogens is 3. The summed E-state index contributed by atoms with van der Waals surface area (Å²) in [7, 11) is 0. The van der Waals surface area contributed by atoms with Gasteiger partial charge in [-0.3, -0.25) is 14.7 Å². The van der Waals surface area contributed by atoms with Crippen molar-refractivity contribution in [1.29, 1.82) is 0 Å². The maximum absolute atomic E-state index is 12.2. The Morgan fingerprint density at radius 3 is 2.71 bits per heavy atom. The Morgan fingerprint density at radius 2 is 2.05 bits per heavy atom. The van der Waals surface area contributed by atoms with E-state index < -0.39 is 5.97 Å². The molecule has 0 aliphatic rings. The lowest BCUT2D eigenvalue weighted by Crippen LogP contribution is -2.21. The number of H-pyrrole nitrogens is 1. The topological polar surface area (TPSA) is 87.5 Å². The molecule has 0 amide bonds. The van der Waals surface area contributed by atoms with Gasteiger partial charge in [-0.15, -0.1) is 0 Å². The largest absolute Gasteiger partial charge is 0.481 e. The number of hydrogen-bond acceptors (Lipinski definition) is 3. The SMILES string of the molecule is Cc1ccc(-c2cc3ncc(CC(=O)O)c(=O)n3[nH]2)cc1. The van der Waals surface area contributed by atoms with Crippen LogP contribution in [0, 0.1) is 6.92 Å². The predicted octanol–water partition coefficient (Wildman–Crippen LogP) is 1.63. The number of rotatable bonds is 3. The molecule has 106 valence electrons. The Kier molecular flexibility index (Phi) is 3.06. The highest BCUT2D eigenvalue weighted by Crippen LogP contribution is 2.18. The van der Waals surface area contributed by atoms with Crippen molar-refractivity contribution in [3.05, 3.63) is 58.0 Å². The second-order valence-corrected chi connectivity index (χ2v) is 4.89. The van der Waals surface area contributed by atoms with Crippen LogP contribution in [0.5, 0.6) is 0 Å². The predicted molar refractivity (Wildman–Crippen MR) is 77.3 cm³/mol. The molecule has 0 bridgehead atoms. The quantitative estimate of drug-likeness (QED) is 0.764. The number of benzene rings is 1. The average Bonchev–Trinajstić information content (AvgIpc) is 2.87. The van der Waals surface area contributed by atoms with Crippen LogP contribution < -0.4 is 5.56 Å². The van der Waals surface area contributed by atoms with E-state index in [1.54, 1.807) is 6.07 Å². The summed E-state index contributed by atoms with van der Waals surface area (Å²) in [5, 5.41) is 11.7. The van der Waals surface area contributed by atoms with Crippen molar-refractivity contribution >= 4 is 11.6 Å². The number of nitrogens with zero attached hydrogens (tertiary/aromatic N) is 2. The minimum Gasteiger partial charge on any atom is -0.481 e. The molecule has 0 unspecified atom stereocenters. The summed E-state index contributed by atoms with van der Waals surface area (Å²) in [4.78, 5) is 27.0. The third kappa shape index (κ3) is 2.43. The van der Waals surface area contributed by atoms with E-state index in [9.17, 15) is 9.59 Å². The van der Waals surface area contributed by atoms with Gasteiger partial charge in [-0.05, 0) is 12.5 Å². The zero-order valence-corrected chi connectivity index (χ0v) is 11.3. The van der Waals surface area contributed by atoms with E-state index in [0.717, 1.165) is 16.8 Å². The fourth-order valence-electron chi connectivity index (χ4n) is 2.16. The highest BCUT2D eigenvalue weighted by atomic mass is 16.4. The molecular formula is C15H13N3O3. The van der Waals surface area contributed by atoms with Crippen LogP contribution >= 0.6 is 0 Å². The molecule has 6 heteroatoms. The second kappa shape index (κ2) is 4.90. The molecular weight excluding hydrogens is 270 g/mol. The van der Waals surface area contributed by atoms with Gasteiger partial charge in [-0.2, -0.15) is 0 Å². The van der Waals surface area contributed by atoms with E-state index in [2.05, 4.69) is 10.1 Å². The van der Waals surface area contributed by atoms with Gasteiger partial charge < -0.3 is 5.11 Å². The Balaban J connectivity index is 2.12. The van der Waals surface area contributed by atoms with Crippen LogP contribution in [0.4, 0.5) is 0 Å². The first-order chi connectivity index (χ1) is 10.0. The van der Waals surface area contributed by atoms with Crippen LogP contribution in [-0.2, 0) is 11.2 Å². The van der Waals surface area contributed by atoms with Crippen molar-refractivity contribution in [2.24, 2.45) is 0 Å². The highest BCUT2D eigenvalue weighted by molar-refractivity contribution is 5.70. The van der Waals surface area contributed by atoms with Gasteiger partial charge in [0.1, 0.15) is 0 Å². The molecule has 0 spiro atoms. The Morgan fingerprint density at radius 1 is 1.33 bits per heavy atom. The fraction of sp³-hybridized carbons (Fsp3) is 0.133. The highest BCUT2D eigenvalue weighted by Gasteiger charge is 2.11. The third-order valence-electron chi connectivity index (χ3n) is 3.27. The molecule has 6 nitrogen and oxygen atoms in total. The molecule has 2 aromatic heterocycles. The van der Waals surface area contributed by atoms with Crippen LogP contribution in [0.3, 0.4) is 0 Å². The molecule has 0 fully saturated rings. The van der Waals surface area contributed by atoms with Crippen molar-refractivity contribution in [3.63, 3.8) is 0 Å². The van der Waals surface area contributed by atoms with E-state index in [-0.39, 0.29) is 17.5 Å². The third-order valence-corrected chi connectivity index (χ3v) is 3.27. The number of aliphatic carboxylic acids is 1. The standard InChI is InChI=1S/C15H13N3O3/c1-9-2-4-10(5-3-9)12-7-13-16-8-11(6-14(19)20)15(21)18(13)17-12/h2-5,7-8,17H,6H2,1H3,(H,19,20). The number of fused-ring (bicyclic) bond motifs is 1. The van der Waals surface area contributed by atoms with E-state index in [1.165, 1.54) is 10.7 Å². The molecule has 0 saturated carbocycles.